The largest absolute Gasteiger partial charge is 0.492 e. The van der Waals surface area contributed by atoms with Crippen molar-refractivity contribution < 1.29 is 13.2 Å². The van der Waals surface area contributed by atoms with E-state index in [1.54, 1.807) is 6.07 Å². The van der Waals surface area contributed by atoms with E-state index in [1.807, 2.05) is 0 Å². The third-order valence-electron chi connectivity index (χ3n) is 3.69. The Morgan fingerprint density at radius 1 is 1.25 bits per heavy atom. The zero-order valence-corrected chi connectivity index (χ0v) is 14.3. The highest BCUT2D eigenvalue weighted by molar-refractivity contribution is 9.10. The number of halogens is 2. The standard InChI is InChI=1S/C14H18BrClO3S/c15-13-10-12(20(16,17)18)6-7-14(13)19-9-8-11-4-2-1-3-5-11/h6-7,10-11H,1-5,8-9H2. The molecule has 0 aliphatic heterocycles. The summed E-state index contributed by atoms with van der Waals surface area (Å²) in [5.74, 6) is 1.43. The van der Waals surface area contributed by atoms with Gasteiger partial charge in [0.05, 0.1) is 16.0 Å². The van der Waals surface area contributed by atoms with Crippen LogP contribution in [0.1, 0.15) is 38.5 Å². The molecule has 2 rings (SSSR count). The maximum absolute atomic E-state index is 11.2. The Labute approximate surface area is 133 Å². The Kier molecular flexibility index (Phi) is 5.75. The molecule has 0 N–H and O–H groups in total. The minimum atomic E-state index is -3.69. The third kappa shape index (κ3) is 4.64. The summed E-state index contributed by atoms with van der Waals surface area (Å²) < 4.78 is 28.8. The summed E-state index contributed by atoms with van der Waals surface area (Å²) in [6, 6.07) is 4.57. The van der Waals surface area contributed by atoms with Gasteiger partial charge in [-0.25, -0.2) is 8.42 Å². The Bertz CT molecular complexity index is 554. The fraction of sp³-hybridized carbons (Fsp3) is 0.571. The average Bonchev–Trinajstić information content (AvgIpc) is 2.40. The molecule has 0 bridgehead atoms. The van der Waals surface area contributed by atoms with Crippen LogP contribution < -0.4 is 4.74 Å². The van der Waals surface area contributed by atoms with Crippen molar-refractivity contribution in [3.05, 3.63) is 22.7 Å². The molecule has 0 amide bonds. The molecule has 3 nitrogen and oxygen atoms in total. The van der Waals surface area contributed by atoms with Gasteiger partial charge in [0.25, 0.3) is 9.05 Å². The van der Waals surface area contributed by atoms with Crippen LogP contribution in [0.15, 0.2) is 27.6 Å². The van der Waals surface area contributed by atoms with Crippen LogP contribution in [0, 0.1) is 5.92 Å². The van der Waals surface area contributed by atoms with Gasteiger partial charge in [-0.05, 0) is 46.5 Å². The summed E-state index contributed by atoms with van der Waals surface area (Å²) >= 11 is 3.32. The van der Waals surface area contributed by atoms with Crippen molar-refractivity contribution in [2.75, 3.05) is 6.61 Å². The molecule has 1 saturated carbocycles. The molecule has 0 aromatic heterocycles. The molecule has 1 aliphatic rings. The van der Waals surface area contributed by atoms with E-state index in [0.29, 0.717) is 16.8 Å². The topological polar surface area (TPSA) is 43.4 Å². The number of ether oxygens (including phenoxy) is 1. The summed E-state index contributed by atoms with van der Waals surface area (Å²) in [6.07, 6.45) is 7.68. The van der Waals surface area contributed by atoms with Gasteiger partial charge in [-0.15, -0.1) is 0 Å². The second-order valence-corrected chi connectivity index (χ2v) is 8.59. The lowest BCUT2D eigenvalue weighted by molar-refractivity contribution is 0.245. The normalized spacial score (nSPS) is 17.1. The van der Waals surface area contributed by atoms with Gasteiger partial charge in [-0.3, -0.25) is 0 Å². The molecule has 1 aromatic rings. The van der Waals surface area contributed by atoms with Gasteiger partial charge in [0.15, 0.2) is 0 Å². The van der Waals surface area contributed by atoms with Gasteiger partial charge in [0, 0.05) is 10.7 Å². The first-order valence-corrected chi connectivity index (χ1v) is 9.94. The van der Waals surface area contributed by atoms with E-state index in [9.17, 15) is 8.42 Å². The maximum atomic E-state index is 11.2. The molecular formula is C14H18BrClO3S. The second-order valence-electron chi connectivity index (χ2n) is 5.17. The third-order valence-corrected chi connectivity index (χ3v) is 5.66. The molecule has 6 heteroatoms. The highest BCUT2D eigenvalue weighted by atomic mass is 79.9. The molecule has 1 fully saturated rings. The fourth-order valence-corrected chi connectivity index (χ4v) is 3.98. The van der Waals surface area contributed by atoms with Crippen LogP contribution >= 0.6 is 26.6 Å². The summed E-state index contributed by atoms with van der Waals surface area (Å²) in [7, 11) is 1.61. The van der Waals surface area contributed by atoms with Gasteiger partial charge in [0.1, 0.15) is 5.75 Å². The van der Waals surface area contributed by atoms with E-state index in [1.165, 1.54) is 44.2 Å². The van der Waals surface area contributed by atoms with E-state index in [4.69, 9.17) is 15.4 Å². The summed E-state index contributed by atoms with van der Waals surface area (Å²) in [5, 5.41) is 0. The van der Waals surface area contributed by atoms with Crippen molar-refractivity contribution in [3.8, 4) is 5.75 Å². The highest BCUT2D eigenvalue weighted by Gasteiger charge is 2.15. The van der Waals surface area contributed by atoms with Crippen LogP contribution in [0.5, 0.6) is 5.75 Å². The van der Waals surface area contributed by atoms with Crippen LogP contribution in [0.25, 0.3) is 0 Å². The molecule has 0 unspecified atom stereocenters. The Morgan fingerprint density at radius 3 is 2.55 bits per heavy atom. The first-order chi connectivity index (χ1) is 9.47. The molecule has 0 radical (unpaired) electrons. The lowest BCUT2D eigenvalue weighted by atomic mass is 9.87. The SMILES string of the molecule is O=S(=O)(Cl)c1ccc(OCCC2CCCCC2)c(Br)c1. The van der Waals surface area contributed by atoms with E-state index in [0.717, 1.165) is 12.3 Å². The van der Waals surface area contributed by atoms with Crippen molar-refractivity contribution in [1.82, 2.24) is 0 Å². The molecule has 1 aromatic carbocycles. The predicted molar refractivity (Wildman–Crippen MR) is 83.9 cm³/mol. The van der Waals surface area contributed by atoms with Crippen LogP contribution in [0.4, 0.5) is 0 Å². The lowest BCUT2D eigenvalue weighted by Gasteiger charge is -2.21. The zero-order valence-electron chi connectivity index (χ0n) is 11.1. The van der Waals surface area contributed by atoms with Gasteiger partial charge >= 0.3 is 0 Å². The molecule has 0 heterocycles. The number of benzene rings is 1. The van der Waals surface area contributed by atoms with E-state index in [-0.39, 0.29) is 4.90 Å². The predicted octanol–water partition coefficient (Wildman–Crippen LogP) is 4.73. The van der Waals surface area contributed by atoms with Crippen LogP contribution in [0.3, 0.4) is 0 Å². The van der Waals surface area contributed by atoms with Crippen LogP contribution in [-0.4, -0.2) is 15.0 Å². The van der Waals surface area contributed by atoms with Crippen molar-refractivity contribution in [2.24, 2.45) is 5.92 Å². The minimum Gasteiger partial charge on any atom is -0.492 e. The molecule has 112 valence electrons. The second kappa shape index (κ2) is 7.14. The Hall–Kier alpha value is -0.260. The Balaban J connectivity index is 1.90. The maximum Gasteiger partial charge on any atom is 0.261 e. The van der Waals surface area contributed by atoms with E-state index >= 15 is 0 Å². The van der Waals surface area contributed by atoms with Gasteiger partial charge in [-0.1, -0.05) is 32.1 Å². The van der Waals surface area contributed by atoms with Crippen LogP contribution in [0.2, 0.25) is 0 Å². The van der Waals surface area contributed by atoms with Crippen LogP contribution in [-0.2, 0) is 9.05 Å². The lowest BCUT2D eigenvalue weighted by Crippen LogP contribution is -2.10. The zero-order chi connectivity index (χ0) is 14.6. The van der Waals surface area contributed by atoms with Gasteiger partial charge in [-0.2, -0.15) is 0 Å². The smallest absolute Gasteiger partial charge is 0.261 e. The minimum absolute atomic E-state index is 0.0747. The van der Waals surface area contributed by atoms with Gasteiger partial charge < -0.3 is 4.74 Å². The first-order valence-electron chi connectivity index (χ1n) is 6.84. The molecule has 0 saturated heterocycles. The molecule has 20 heavy (non-hydrogen) atoms. The van der Waals surface area contributed by atoms with E-state index in [2.05, 4.69) is 15.9 Å². The summed E-state index contributed by atoms with van der Waals surface area (Å²) in [4.78, 5) is 0.0747. The number of hydrogen-bond acceptors (Lipinski definition) is 3. The van der Waals surface area contributed by atoms with Crippen molar-refractivity contribution in [1.29, 1.82) is 0 Å². The van der Waals surface area contributed by atoms with E-state index < -0.39 is 9.05 Å². The fourth-order valence-electron chi connectivity index (χ4n) is 2.56. The summed E-state index contributed by atoms with van der Waals surface area (Å²) in [6.45, 7) is 0.663. The molecule has 0 atom stereocenters. The average molecular weight is 382 g/mol. The van der Waals surface area contributed by atoms with Crippen molar-refractivity contribution in [3.63, 3.8) is 0 Å². The molecular weight excluding hydrogens is 364 g/mol. The van der Waals surface area contributed by atoms with Gasteiger partial charge in [0.2, 0.25) is 0 Å². The summed E-state index contributed by atoms with van der Waals surface area (Å²) in [5.41, 5.74) is 0. The molecule has 1 aliphatic carbocycles. The Morgan fingerprint density at radius 2 is 1.95 bits per heavy atom. The van der Waals surface area contributed by atoms with Crippen molar-refractivity contribution in [2.45, 2.75) is 43.4 Å². The first kappa shape index (κ1) is 16.1. The quantitative estimate of drug-likeness (QED) is 0.693. The monoisotopic (exact) mass is 380 g/mol. The number of hydrogen-bond donors (Lipinski definition) is 0. The van der Waals surface area contributed by atoms with Crippen molar-refractivity contribution >= 4 is 35.7 Å². The molecule has 0 spiro atoms. The number of rotatable bonds is 5. The highest BCUT2D eigenvalue weighted by Crippen LogP contribution is 2.30.